The van der Waals surface area contributed by atoms with Crippen molar-refractivity contribution in [1.29, 1.82) is 0 Å². The van der Waals surface area contributed by atoms with Crippen LogP contribution in [-0.4, -0.2) is 26.9 Å². The molecule has 160 valence electrons. The Kier molecular flexibility index (Phi) is 4.98. The third kappa shape index (κ3) is 3.24. The van der Waals surface area contributed by atoms with Crippen LogP contribution in [0.1, 0.15) is 41.1 Å². The second kappa shape index (κ2) is 7.96. The van der Waals surface area contributed by atoms with E-state index in [1.165, 1.54) is 16.5 Å². The predicted molar refractivity (Wildman–Crippen MR) is 120 cm³/mol. The molecule has 0 saturated carbocycles. The van der Waals surface area contributed by atoms with Crippen LogP contribution in [-0.2, 0) is 22.4 Å². The van der Waals surface area contributed by atoms with E-state index in [9.17, 15) is 19.8 Å². The predicted octanol–water partition coefficient (Wildman–Crippen LogP) is 4.29. The Hall–Kier alpha value is -3.93. The Morgan fingerprint density at radius 2 is 1.75 bits per heavy atom. The number of hydrogen-bond acceptors (Lipinski definition) is 5. The zero-order valence-corrected chi connectivity index (χ0v) is 17.4. The van der Waals surface area contributed by atoms with Crippen LogP contribution in [0.5, 0.6) is 5.75 Å². The molecule has 1 fully saturated rings. The van der Waals surface area contributed by atoms with Gasteiger partial charge in [-0.25, -0.2) is 0 Å². The quantitative estimate of drug-likeness (QED) is 0.370. The van der Waals surface area contributed by atoms with Crippen LogP contribution < -0.4 is 4.90 Å². The highest BCUT2D eigenvalue weighted by Gasteiger charge is 2.47. The SMILES string of the molecule is O=C1C(=O)N(c2ccccc2O)C(c2cccnc2)/C1=C(/O)c1ccc2c(c1)CCCC2. The van der Waals surface area contributed by atoms with Crippen LogP contribution in [0.2, 0.25) is 0 Å². The first-order valence-corrected chi connectivity index (χ1v) is 10.7. The van der Waals surface area contributed by atoms with E-state index in [0.29, 0.717) is 11.1 Å². The highest BCUT2D eigenvalue weighted by molar-refractivity contribution is 6.51. The van der Waals surface area contributed by atoms with Crippen molar-refractivity contribution in [1.82, 2.24) is 4.98 Å². The molecule has 0 radical (unpaired) electrons. The van der Waals surface area contributed by atoms with Crippen LogP contribution in [0, 0.1) is 0 Å². The number of fused-ring (bicyclic) bond motifs is 1. The Morgan fingerprint density at radius 1 is 0.969 bits per heavy atom. The Labute approximate surface area is 185 Å². The van der Waals surface area contributed by atoms with Crippen LogP contribution in [0.3, 0.4) is 0 Å². The number of phenolic OH excluding ortho intramolecular Hbond substituents is 1. The molecule has 1 saturated heterocycles. The second-order valence-corrected chi connectivity index (χ2v) is 8.13. The normalized spacial score (nSPS) is 19.8. The fourth-order valence-electron chi connectivity index (χ4n) is 4.64. The maximum absolute atomic E-state index is 13.2. The number of aliphatic hydroxyl groups is 1. The Morgan fingerprint density at radius 3 is 2.50 bits per heavy atom. The lowest BCUT2D eigenvalue weighted by molar-refractivity contribution is -0.132. The van der Waals surface area contributed by atoms with Crippen LogP contribution in [0.25, 0.3) is 5.76 Å². The van der Waals surface area contributed by atoms with Crippen molar-refractivity contribution in [3.8, 4) is 5.75 Å². The molecule has 0 spiro atoms. The summed E-state index contributed by atoms with van der Waals surface area (Å²) in [5, 5.41) is 21.7. The lowest BCUT2D eigenvalue weighted by Crippen LogP contribution is -2.29. The zero-order chi connectivity index (χ0) is 22.2. The van der Waals surface area contributed by atoms with Gasteiger partial charge in [0.25, 0.3) is 11.7 Å². The van der Waals surface area contributed by atoms with Crippen molar-refractivity contribution < 1.29 is 19.8 Å². The zero-order valence-electron chi connectivity index (χ0n) is 17.4. The molecule has 1 aliphatic carbocycles. The average Bonchev–Trinajstić information content (AvgIpc) is 3.09. The van der Waals surface area contributed by atoms with E-state index in [1.54, 1.807) is 48.8 Å². The van der Waals surface area contributed by atoms with Gasteiger partial charge in [-0.1, -0.05) is 30.3 Å². The number of aromatic nitrogens is 1. The van der Waals surface area contributed by atoms with Crippen LogP contribution in [0.15, 0.2) is 72.6 Å². The van der Waals surface area contributed by atoms with Crippen molar-refractivity contribution in [2.45, 2.75) is 31.7 Å². The first kappa shape index (κ1) is 20.0. The molecule has 6 heteroatoms. The summed E-state index contributed by atoms with van der Waals surface area (Å²) < 4.78 is 0. The van der Waals surface area contributed by atoms with Gasteiger partial charge in [-0.3, -0.25) is 19.5 Å². The molecule has 0 bridgehead atoms. The summed E-state index contributed by atoms with van der Waals surface area (Å²) >= 11 is 0. The molecule has 2 N–H and O–H groups in total. The molecule has 6 nitrogen and oxygen atoms in total. The van der Waals surface area contributed by atoms with Gasteiger partial charge < -0.3 is 10.2 Å². The number of amides is 1. The summed E-state index contributed by atoms with van der Waals surface area (Å²) in [4.78, 5) is 31.7. The standard InChI is InChI=1S/C26H22N2O4/c29-21-10-4-3-9-20(21)28-23(19-8-5-13-27-15-19)22(25(31)26(28)32)24(30)18-12-11-16-6-1-2-7-17(16)14-18/h3-5,8-15,23,29-30H,1-2,6-7H2/b24-22-. The summed E-state index contributed by atoms with van der Waals surface area (Å²) in [6, 6.07) is 14.6. The van der Waals surface area contributed by atoms with E-state index in [-0.39, 0.29) is 22.8 Å². The smallest absolute Gasteiger partial charge is 0.300 e. The van der Waals surface area contributed by atoms with Gasteiger partial charge in [-0.05, 0) is 66.6 Å². The number of benzene rings is 2. The average molecular weight is 426 g/mol. The summed E-state index contributed by atoms with van der Waals surface area (Å²) in [7, 11) is 0. The number of carbonyl (C=O) groups is 2. The molecule has 1 unspecified atom stereocenters. The van der Waals surface area contributed by atoms with Crippen LogP contribution in [0.4, 0.5) is 5.69 Å². The van der Waals surface area contributed by atoms with Gasteiger partial charge in [0.15, 0.2) is 0 Å². The lowest BCUT2D eigenvalue weighted by atomic mass is 9.89. The molecule has 2 aliphatic rings. The van der Waals surface area contributed by atoms with Gasteiger partial charge in [-0.2, -0.15) is 0 Å². The summed E-state index contributed by atoms with van der Waals surface area (Å²) in [6.45, 7) is 0. The Balaban J connectivity index is 1.70. The molecule has 1 amide bonds. The van der Waals surface area contributed by atoms with Gasteiger partial charge in [0.1, 0.15) is 11.5 Å². The number of hydrogen-bond donors (Lipinski definition) is 2. The molecular formula is C26H22N2O4. The third-order valence-electron chi connectivity index (χ3n) is 6.21. The molecular weight excluding hydrogens is 404 g/mol. The minimum Gasteiger partial charge on any atom is -0.507 e. The summed E-state index contributed by atoms with van der Waals surface area (Å²) in [5.41, 5.74) is 3.68. The number of aryl methyl sites for hydroxylation is 2. The number of aliphatic hydroxyl groups excluding tert-OH is 1. The van der Waals surface area contributed by atoms with E-state index in [4.69, 9.17) is 0 Å². The molecule has 32 heavy (non-hydrogen) atoms. The van der Waals surface area contributed by atoms with Gasteiger partial charge in [-0.15, -0.1) is 0 Å². The van der Waals surface area contributed by atoms with Gasteiger partial charge in [0, 0.05) is 18.0 Å². The van der Waals surface area contributed by atoms with Gasteiger partial charge in [0.2, 0.25) is 0 Å². The highest BCUT2D eigenvalue weighted by Crippen LogP contribution is 2.44. The van der Waals surface area contributed by atoms with E-state index in [1.807, 2.05) is 12.1 Å². The number of nitrogens with zero attached hydrogens (tertiary/aromatic N) is 2. The summed E-state index contributed by atoms with van der Waals surface area (Å²) in [5.74, 6) is -1.95. The lowest BCUT2D eigenvalue weighted by Gasteiger charge is -2.25. The minimum absolute atomic E-state index is 0.0120. The monoisotopic (exact) mass is 426 g/mol. The number of pyridine rings is 1. The van der Waals surface area contributed by atoms with E-state index in [2.05, 4.69) is 4.98 Å². The molecule has 1 atom stereocenters. The first-order valence-electron chi connectivity index (χ1n) is 10.7. The largest absolute Gasteiger partial charge is 0.507 e. The van der Waals surface area contributed by atoms with Gasteiger partial charge in [0.05, 0.1) is 17.3 Å². The number of ketones is 1. The first-order chi connectivity index (χ1) is 15.6. The maximum Gasteiger partial charge on any atom is 0.300 e. The number of aromatic hydroxyl groups is 1. The molecule has 5 rings (SSSR count). The molecule has 2 heterocycles. The molecule has 3 aromatic rings. The highest BCUT2D eigenvalue weighted by atomic mass is 16.3. The van der Waals surface area contributed by atoms with E-state index in [0.717, 1.165) is 31.2 Å². The van der Waals surface area contributed by atoms with E-state index < -0.39 is 17.7 Å². The van der Waals surface area contributed by atoms with Crippen molar-refractivity contribution in [3.05, 3.63) is 94.8 Å². The third-order valence-corrected chi connectivity index (χ3v) is 6.21. The number of anilines is 1. The number of para-hydroxylation sites is 2. The minimum atomic E-state index is -0.909. The number of carbonyl (C=O) groups excluding carboxylic acids is 2. The van der Waals surface area contributed by atoms with Crippen molar-refractivity contribution >= 4 is 23.1 Å². The second-order valence-electron chi connectivity index (χ2n) is 8.13. The fraction of sp³-hybridized carbons (Fsp3) is 0.192. The summed E-state index contributed by atoms with van der Waals surface area (Å²) in [6.07, 6.45) is 7.32. The molecule has 2 aromatic carbocycles. The van der Waals surface area contributed by atoms with Gasteiger partial charge >= 0.3 is 0 Å². The molecule has 1 aliphatic heterocycles. The Bertz CT molecular complexity index is 1250. The number of Topliss-reactive ketones (excluding diaryl/α,β-unsaturated/α-hetero) is 1. The number of rotatable bonds is 3. The topological polar surface area (TPSA) is 90.7 Å². The van der Waals surface area contributed by atoms with Crippen molar-refractivity contribution in [2.24, 2.45) is 0 Å². The maximum atomic E-state index is 13.2. The number of phenols is 1. The molecule has 1 aromatic heterocycles. The van der Waals surface area contributed by atoms with Crippen molar-refractivity contribution in [3.63, 3.8) is 0 Å². The fourth-order valence-corrected chi connectivity index (χ4v) is 4.64. The van der Waals surface area contributed by atoms with Crippen LogP contribution >= 0.6 is 0 Å². The van der Waals surface area contributed by atoms with E-state index >= 15 is 0 Å². The van der Waals surface area contributed by atoms with Crippen molar-refractivity contribution in [2.75, 3.05) is 4.90 Å².